The van der Waals surface area contributed by atoms with Gasteiger partial charge in [-0.2, -0.15) is 20.3 Å². The number of nitrogens with zero attached hydrogens (tertiary/aromatic N) is 4. The number of carbonyl (C=O) groups excluding carboxylic acids is 1. The second kappa shape index (κ2) is 6.66. The van der Waals surface area contributed by atoms with Crippen LogP contribution in [0.25, 0.3) is 0 Å². The molecular weight excluding hydrogens is 266 g/mol. The molecule has 1 N–H and O–H groups in total. The van der Waals surface area contributed by atoms with Gasteiger partial charge in [0.25, 0.3) is 5.91 Å². The van der Waals surface area contributed by atoms with Gasteiger partial charge in [-0.1, -0.05) is 19.9 Å². The Morgan fingerprint density at radius 2 is 2.10 bits per heavy atom. The fourth-order valence-electron chi connectivity index (χ4n) is 1.92. The summed E-state index contributed by atoms with van der Waals surface area (Å²) >= 11 is 0. The molecule has 0 radical (unpaired) electrons. The Balaban J connectivity index is 2.09. The highest BCUT2D eigenvalue weighted by Crippen LogP contribution is 2.08. The fraction of sp³-hybridized carbons (Fsp3) is 0.333. The zero-order valence-electron chi connectivity index (χ0n) is 12.0. The van der Waals surface area contributed by atoms with Gasteiger partial charge in [0.15, 0.2) is 0 Å². The Labute approximate surface area is 123 Å². The van der Waals surface area contributed by atoms with Crippen LogP contribution in [-0.2, 0) is 6.54 Å². The summed E-state index contributed by atoms with van der Waals surface area (Å²) in [7, 11) is 0. The summed E-state index contributed by atoms with van der Waals surface area (Å²) in [5.41, 5.74) is 0.950. The quantitative estimate of drug-likeness (QED) is 0.903. The molecule has 0 aliphatic rings. The third kappa shape index (κ3) is 3.89. The standard InChI is InChI=1S/C15H17N5O/c1-11(2)14(10-20-17-6-7-18-20)19-15(21)13-5-3-4-12(8-13)9-16/h3-8,11,14H,10H2,1-2H3,(H,19,21)/t14-/m0/s1. The number of nitrogens with one attached hydrogen (secondary N) is 1. The summed E-state index contributed by atoms with van der Waals surface area (Å²) in [6, 6.07) is 8.59. The van der Waals surface area contributed by atoms with Crippen LogP contribution in [0, 0.1) is 17.2 Å². The largest absolute Gasteiger partial charge is 0.347 e. The van der Waals surface area contributed by atoms with Crippen LogP contribution < -0.4 is 5.32 Å². The molecule has 108 valence electrons. The van der Waals surface area contributed by atoms with Crippen molar-refractivity contribution >= 4 is 5.91 Å². The van der Waals surface area contributed by atoms with Gasteiger partial charge in [0.2, 0.25) is 0 Å². The SMILES string of the molecule is CC(C)[C@H](Cn1nccn1)NC(=O)c1cccc(C#N)c1. The second-order valence-electron chi connectivity index (χ2n) is 5.10. The minimum Gasteiger partial charge on any atom is -0.347 e. The van der Waals surface area contributed by atoms with E-state index < -0.39 is 0 Å². The molecule has 0 aliphatic carbocycles. The van der Waals surface area contributed by atoms with Crippen molar-refractivity contribution in [3.8, 4) is 6.07 Å². The third-order valence-corrected chi connectivity index (χ3v) is 3.20. The molecule has 0 fully saturated rings. The van der Waals surface area contributed by atoms with Crippen LogP contribution in [0.1, 0.15) is 29.8 Å². The first-order valence-corrected chi connectivity index (χ1v) is 6.75. The van der Waals surface area contributed by atoms with Gasteiger partial charge in [-0.25, -0.2) is 0 Å². The Morgan fingerprint density at radius 1 is 1.38 bits per heavy atom. The van der Waals surface area contributed by atoms with E-state index in [9.17, 15) is 4.79 Å². The average molecular weight is 283 g/mol. The molecule has 0 aliphatic heterocycles. The number of carbonyl (C=O) groups is 1. The predicted octanol–water partition coefficient (Wildman–Crippen LogP) is 1.60. The molecule has 2 aromatic rings. The lowest BCUT2D eigenvalue weighted by atomic mass is 10.0. The van der Waals surface area contributed by atoms with Gasteiger partial charge in [0.1, 0.15) is 0 Å². The molecule has 2 rings (SSSR count). The van der Waals surface area contributed by atoms with E-state index in [0.717, 1.165) is 0 Å². The van der Waals surface area contributed by atoms with Crippen molar-refractivity contribution in [1.29, 1.82) is 5.26 Å². The van der Waals surface area contributed by atoms with E-state index in [1.807, 2.05) is 19.9 Å². The molecule has 1 atom stereocenters. The molecule has 0 saturated heterocycles. The van der Waals surface area contributed by atoms with Crippen LogP contribution in [0.15, 0.2) is 36.7 Å². The van der Waals surface area contributed by atoms with E-state index in [-0.39, 0.29) is 17.9 Å². The lowest BCUT2D eigenvalue weighted by Crippen LogP contribution is -2.42. The van der Waals surface area contributed by atoms with Gasteiger partial charge in [-0.05, 0) is 24.1 Å². The molecular formula is C15H17N5O. The maximum absolute atomic E-state index is 12.3. The molecule has 6 nitrogen and oxygen atoms in total. The first kappa shape index (κ1) is 14.7. The van der Waals surface area contributed by atoms with Crippen molar-refractivity contribution in [3.63, 3.8) is 0 Å². The monoisotopic (exact) mass is 283 g/mol. The third-order valence-electron chi connectivity index (χ3n) is 3.20. The normalized spacial score (nSPS) is 11.9. The number of amides is 1. The molecule has 1 aromatic heterocycles. The topological polar surface area (TPSA) is 83.6 Å². The van der Waals surface area contributed by atoms with E-state index in [2.05, 4.69) is 15.5 Å². The lowest BCUT2D eigenvalue weighted by Gasteiger charge is -2.21. The Bertz CT molecular complexity index is 642. The molecule has 0 unspecified atom stereocenters. The number of benzene rings is 1. The molecule has 1 amide bonds. The van der Waals surface area contributed by atoms with Gasteiger partial charge >= 0.3 is 0 Å². The summed E-state index contributed by atoms with van der Waals surface area (Å²) in [6.07, 6.45) is 3.21. The summed E-state index contributed by atoms with van der Waals surface area (Å²) in [4.78, 5) is 13.8. The van der Waals surface area contributed by atoms with Crippen molar-refractivity contribution in [3.05, 3.63) is 47.8 Å². The highest BCUT2D eigenvalue weighted by molar-refractivity contribution is 5.94. The molecule has 0 saturated carbocycles. The van der Waals surface area contributed by atoms with Gasteiger partial charge in [-0.3, -0.25) is 4.79 Å². The second-order valence-corrected chi connectivity index (χ2v) is 5.10. The lowest BCUT2D eigenvalue weighted by molar-refractivity contribution is 0.0918. The average Bonchev–Trinajstić information content (AvgIpc) is 2.99. The fourth-order valence-corrected chi connectivity index (χ4v) is 1.92. The van der Waals surface area contributed by atoms with Crippen molar-refractivity contribution in [2.24, 2.45) is 5.92 Å². The van der Waals surface area contributed by atoms with Crippen molar-refractivity contribution in [2.75, 3.05) is 0 Å². The van der Waals surface area contributed by atoms with E-state index >= 15 is 0 Å². The number of aromatic nitrogens is 3. The molecule has 0 bridgehead atoms. The first-order valence-electron chi connectivity index (χ1n) is 6.75. The number of hydrogen-bond donors (Lipinski definition) is 1. The minimum atomic E-state index is -0.196. The summed E-state index contributed by atoms with van der Waals surface area (Å²) < 4.78 is 0. The molecule has 1 heterocycles. The van der Waals surface area contributed by atoms with Crippen LogP contribution in [0.2, 0.25) is 0 Å². The predicted molar refractivity (Wildman–Crippen MR) is 77.3 cm³/mol. The number of hydrogen-bond acceptors (Lipinski definition) is 4. The van der Waals surface area contributed by atoms with Crippen LogP contribution >= 0.6 is 0 Å². The molecule has 1 aromatic carbocycles. The summed E-state index contributed by atoms with van der Waals surface area (Å²) in [5, 5.41) is 20.0. The summed E-state index contributed by atoms with van der Waals surface area (Å²) in [6.45, 7) is 4.56. The maximum atomic E-state index is 12.3. The van der Waals surface area contributed by atoms with E-state index in [1.54, 1.807) is 41.5 Å². The van der Waals surface area contributed by atoms with E-state index in [0.29, 0.717) is 17.7 Å². The number of rotatable bonds is 5. The Morgan fingerprint density at radius 3 is 2.71 bits per heavy atom. The van der Waals surface area contributed by atoms with Crippen LogP contribution in [-0.4, -0.2) is 26.9 Å². The van der Waals surface area contributed by atoms with Crippen LogP contribution in [0.5, 0.6) is 0 Å². The Hall–Kier alpha value is -2.68. The van der Waals surface area contributed by atoms with Crippen LogP contribution in [0.4, 0.5) is 0 Å². The minimum absolute atomic E-state index is 0.0874. The first-order chi connectivity index (χ1) is 10.1. The van der Waals surface area contributed by atoms with Crippen molar-refractivity contribution < 1.29 is 4.79 Å². The Kier molecular flexibility index (Phi) is 4.67. The molecule has 21 heavy (non-hydrogen) atoms. The van der Waals surface area contributed by atoms with Crippen molar-refractivity contribution in [1.82, 2.24) is 20.3 Å². The zero-order valence-corrected chi connectivity index (χ0v) is 12.0. The van der Waals surface area contributed by atoms with E-state index in [4.69, 9.17) is 5.26 Å². The maximum Gasteiger partial charge on any atom is 0.251 e. The summed E-state index contributed by atoms with van der Waals surface area (Å²) in [5.74, 6) is 0.0389. The highest BCUT2D eigenvalue weighted by Gasteiger charge is 2.18. The van der Waals surface area contributed by atoms with Gasteiger partial charge in [-0.15, -0.1) is 0 Å². The van der Waals surface area contributed by atoms with Gasteiger partial charge < -0.3 is 5.32 Å². The van der Waals surface area contributed by atoms with Crippen LogP contribution in [0.3, 0.4) is 0 Å². The molecule has 0 spiro atoms. The van der Waals surface area contributed by atoms with Crippen molar-refractivity contribution in [2.45, 2.75) is 26.4 Å². The van der Waals surface area contributed by atoms with E-state index in [1.165, 1.54) is 0 Å². The van der Waals surface area contributed by atoms with Gasteiger partial charge in [0.05, 0.1) is 36.6 Å². The number of nitriles is 1. The molecule has 6 heteroatoms. The zero-order chi connectivity index (χ0) is 15.2. The smallest absolute Gasteiger partial charge is 0.251 e. The van der Waals surface area contributed by atoms with Gasteiger partial charge in [0, 0.05) is 5.56 Å². The highest BCUT2D eigenvalue weighted by atomic mass is 16.1.